The fraction of sp³-hybridized carbons (Fsp3) is 0.667. The molecule has 0 aromatic carbocycles. The molecule has 2 rings (SSSR count). The molecule has 17 heavy (non-hydrogen) atoms. The van der Waals surface area contributed by atoms with Gasteiger partial charge in [0.25, 0.3) is 10.0 Å². The summed E-state index contributed by atoms with van der Waals surface area (Å²) in [6.45, 7) is 0.939. The Kier molecular flexibility index (Phi) is 3.68. The van der Waals surface area contributed by atoms with E-state index in [-0.39, 0.29) is 16.0 Å². The maximum atomic E-state index is 12.3. The molecule has 1 aromatic heterocycles. The van der Waals surface area contributed by atoms with Crippen molar-refractivity contribution in [2.45, 2.75) is 11.4 Å². The Balaban J connectivity index is 2.32. The average Bonchev–Trinajstić information content (AvgIpc) is 2.85. The summed E-state index contributed by atoms with van der Waals surface area (Å²) in [5, 5.41) is 4.05. The van der Waals surface area contributed by atoms with Gasteiger partial charge in [0.1, 0.15) is 0 Å². The zero-order valence-electron chi connectivity index (χ0n) is 9.31. The molecule has 0 aliphatic carbocycles. The standard InChI is InChI=1S/C9H13Cl2N3O2S/c1-13-9(8(11)5-12-13)17(15,16)14-3-2-7(4-10)6-14/h5,7H,2-4,6H2,1H3. The summed E-state index contributed by atoms with van der Waals surface area (Å²) in [4.78, 5) is 0. The summed E-state index contributed by atoms with van der Waals surface area (Å²) in [6, 6.07) is 0. The van der Waals surface area contributed by atoms with E-state index in [9.17, 15) is 8.42 Å². The largest absolute Gasteiger partial charge is 0.261 e. The van der Waals surface area contributed by atoms with Crippen LogP contribution in [0, 0.1) is 5.92 Å². The van der Waals surface area contributed by atoms with E-state index in [1.807, 2.05) is 0 Å². The van der Waals surface area contributed by atoms with E-state index in [1.165, 1.54) is 15.2 Å². The van der Waals surface area contributed by atoms with Crippen LogP contribution in [0.2, 0.25) is 5.02 Å². The van der Waals surface area contributed by atoms with Crippen LogP contribution < -0.4 is 0 Å². The fourth-order valence-electron chi connectivity index (χ4n) is 1.95. The van der Waals surface area contributed by atoms with E-state index in [0.29, 0.717) is 19.0 Å². The van der Waals surface area contributed by atoms with Crippen LogP contribution in [0.15, 0.2) is 11.2 Å². The van der Waals surface area contributed by atoms with Gasteiger partial charge in [-0.15, -0.1) is 11.6 Å². The number of sulfonamides is 1. The molecule has 1 aromatic rings. The summed E-state index contributed by atoms with van der Waals surface area (Å²) in [6.07, 6.45) is 2.13. The molecule has 0 spiro atoms. The van der Waals surface area contributed by atoms with Gasteiger partial charge in [-0.1, -0.05) is 11.6 Å². The van der Waals surface area contributed by atoms with Crippen molar-refractivity contribution in [2.75, 3.05) is 19.0 Å². The van der Waals surface area contributed by atoms with Crippen LogP contribution in [0.1, 0.15) is 6.42 Å². The Morgan fingerprint density at radius 2 is 2.29 bits per heavy atom. The summed E-state index contributed by atoms with van der Waals surface area (Å²) in [7, 11) is -1.99. The maximum absolute atomic E-state index is 12.3. The van der Waals surface area contributed by atoms with Gasteiger partial charge in [0.2, 0.25) is 0 Å². The first-order valence-electron chi connectivity index (χ1n) is 5.20. The minimum absolute atomic E-state index is 0.0504. The van der Waals surface area contributed by atoms with Gasteiger partial charge in [-0.25, -0.2) is 8.42 Å². The molecule has 0 amide bonds. The first-order chi connectivity index (χ1) is 7.96. The van der Waals surface area contributed by atoms with Gasteiger partial charge in [0.15, 0.2) is 5.03 Å². The predicted octanol–water partition coefficient (Wildman–Crippen LogP) is 1.32. The molecule has 1 unspecified atom stereocenters. The molecule has 96 valence electrons. The quantitative estimate of drug-likeness (QED) is 0.791. The van der Waals surface area contributed by atoms with Crippen molar-refractivity contribution in [1.82, 2.24) is 14.1 Å². The number of rotatable bonds is 3. The lowest BCUT2D eigenvalue weighted by Gasteiger charge is -2.16. The number of hydrogen-bond acceptors (Lipinski definition) is 3. The smallest absolute Gasteiger partial charge is 0.255 e. The van der Waals surface area contributed by atoms with Gasteiger partial charge in [-0.3, -0.25) is 4.68 Å². The fourth-order valence-corrected chi connectivity index (χ4v) is 4.34. The molecule has 0 N–H and O–H groups in total. The van der Waals surface area contributed by atoms with E-state index in [0.717, 1.165) is 6.42 Å². The first-order valence-corrected chi connectivity index (χ1v) is 7.55. The van der Waals surface area contributed by atoms with Crippen molar-refractivity contribution < 1.29 is 8.42 Å². The van der Waals surface area contributed by atoms with Crippen LogP contribution in [0.4, 0.5) is 0 Å². The van der Waals surface area contributed by atoms with Crippen LogP contribution in [-0.4, -0.2) is 41.5 Å². The van der Waals surface area contributed by atoms with E-state index >= 15 is 0 Å². The molecule has 1 fully saturated rings. The summed E-state index contributed by atoms with van der Waals surface area (Å²) < 4.78 is 27.4. The Hall–Kier alpha value is -0.300. The summed E-state index contributed by atoms with van der Waals surface area (Å²) in [5.74, 6) is 0.698. The monoisotopic (exact) mass is 297 g/mol. The summed E-state index contributed by atoms with van der Waals surface area (Å²) >= 11 is 11.6. The van der Waals surface area contributed by atoms with Gasteiger partial charge >= 0.3 is 0 Å². The third kappa shape index (κ3) is 2.31. The van der Waals surface area contributed by atoms with Crippen molar-refractivity contribution in [3.8, 4) is 0 Å². The van der Waals surface area contributed by atoms with Gasteiger partial charge in [-0.05, 0) is 12.3 Å². The highest BCUT2D eigenvalue weighted by Gasteiger charge is 2.35. The molecule has 1 saturated heterocycles. The number of aryl methyl sites for hydroxylation is 1. The van der Waals surface area contributed by atoms with Crippen LogP contribution in [0.5, 0.6) is 0 Å². The highest BCUT2D eigenvalue weighted by atomic mass is 35.5. The van der Waals surface area contributed by atoms with Gasteiger partial charge < -0.3 is 0 Å². The Labute approximate surface area is 110 Å². The molecule has 0 bridgehead atoms. The number of nitrogens with zero attached hydrogens (tertiary/aromatic N) is 3. The minimum atomic E-state index is -3.56. The van der Waals surface area contributed by atoms with Gasteiger partial charge in [-0.2, -0.15) is 9.40 Å². The van der Waals surface area contributed by atoms with Gasteiger partial charge in [0.05, 0.1) is 11.2 Å². The van der Waals surface area contributed by atoms with Crippen molar-refractivity contribution >= 4 is 33.2 Å². The lowest BCUT2D eigenvalue weighted by atomic mass is 10.2. The second-order valence-electron chi connectivity index (χ2n) is 4.09. The molecule has 0 saturated carbocycles. The molecule has 5 nitrogen and oxygen atoms in total. The maximum Gasteiger partial charge on any atom is 0.261 e. The third-order valence-electron chi connectivity index (χ3n) is 2.89. The third-order valence-corrected chi connectivity index (χ3v) is 5.70. The molecule has 2 heterocycles. The van der Waals surface area contributed by atoms with Crippen molar-refractivity contribution in [1.29, 1.82) is 0 Å². The van der Waals surface area contributed by atoms with Crippen LogP contribution >= 0.6 is 23.2 Å². The second kappa shape index (κ2) is 4.76. The van der Waals surface area contributed by atoms with Crippen LogP contribution in [0.25, 0.3) is 0 Å². The van der Waals surface area contributed by atoms with E-state index in [1.54, 1.807) is 7.05 Å². The lowest BCUT2D eigenvalue weighted by molar-refractivity contribution is 0.456. The normalized spacial score (nSPS) is 22.2. The van der Waals surface area contributed by atoms with Crippen LogP contribution in [-0.2, 0) is 17.1 Å². The second-order valence-corrected chi connectivity index (χ2v) is 6.66. The Morgan fingerprint density at radius 3 is 2.76 bits per heavy atom. The zero-order valence-corrected chi connectivity index (χ0v) is 11.6. The van der Waals surface area contributed by atoms with Crippen molar-refractivity contribution in [3.05, 3.63) is 11.2 Å². The van der Waals surface area contributed by atoms with Crippen molar-refractivity contribution in [2.24, 2.45) is 13.0 Å². The first kappa shape index (κ1) is 13.1. The zero-order chi connectivity index (χ0) is 12.6. The molecule has 1 atom stereocenters. The summed E-state index contributed by atoms with van der Waals surface area (Å²) in [5.41, 5.74) is 0. The SMILES string of the molecule is Cn1ncc(Cl)c1S(=O)(=O)N1CCC(CCl)C1. The Morgan fingerprint density at radius 1 is 1.59 bits per heavy atom. The van der Waals surface area contributed by atoms with E-state index in [4.69, 9.17) is 23.2 Å². The van der Waals surface area contributed by atoms with Gasteiger partial charge in [0, 0.05) is 26.0 Å². The lowest BCUT2D eigenvalue weighted by Crippen LogP contribution is -2.30. The highest BCUT2D eigenvalue weighted by Crippen LogP contribution is 2.28. The Bertz CT molecular complexity index is 495. The minimum Gasteiger partial charge on any atom is -0.255 e. The molecule has 1 aliphatic heterocycles. The number of halogens is 2. The molecule has 0 radical (unpaired) electrons. The van der Waals surface area contributed by atoms with E-state index in [2.05, 4.69) is 5.10 Å². The topological polar surface area (TPSA) is 55.2 Å². The van der Waals surface area contributed by atoms with Crippen LogP contribution in [0.3, 0.4) is 0 Å². The number of hydrogen-bond donors (Lipinski definition) is 0. The predicted molar refractivity (Wildman–Crippen MR) is 65.8 cm³/mol. The number of alkyl halides is 1. The molecular weight excluding hydrogens is 285 g/mol. The van der Waals surface area contributed by atoms with Crippen molar-refractivity contribution in [3.63, 3.8) is 0 Å². The number of aromatic nitrogens is 2. The molecular formula is C9H13Cl2N3O2S. The molecule has 8 heteroatoms. The average molecular weight is 298 g/mol. The van der Waals surface area contributed by atoms with E-state index < -0.39 is 10.0 Å². The highest BCUT2D eigenvalue weighted by molar-refractivity contribution is 7.89. The molecule has 1 aliphatic rings.